The lowest BCUT2D eigenvalue weighted by molar-refractivity contribution is -0.126. The Morgan fingerprint density at radius 2 is 1.63 bits per heavy atom. The van der Waals surface area contributed by atoms with Crippen LogP contribution >= 0.6 is 35.0 Å². The first-order valence-electron chi connectivity index (χ1n) is 16.1. The van der Waals surface area contributed by atoms with E-state index in [0.29, 0.717) is 27.8 Å². The van der Waals surface area contributed by atoms with Crippen LogP contribution in [0.3, 0.4) is 0 Å². The molecule has 0 saturated heterocycles. The molecule has 52 heavy (non-hydrogen) atoms. The summed E-state index contributed by atoms with van der Waals surface area (Å²) in [6, 6.07) is 29.2. The maximum Gasteiger partial charge on any atom is 0.285 e. The summed E-state index contributed by atoms with van der Waals surface area (Å²) in [6.45, 7) is 5.68. The van der Waals surface area contributed by atoms with Gasteiger partial charge in [0.25, 0.3) is 11.8 Å². The van der Waals surface area contributed by atoms with Crippen molar-refractivity contribution in [3.8, 4) is 11.5 Å². The summed E-state index contributed by atoms with van der Waals surface area (Å²) in [6.07, 6.45) is 8.00. The van der Waals surface area contributed by atoms with Crippen LogP contribution in [0.2, 0.25) is 10.0 Å². The van der Waals surface area contributed by atoms with Gasteiger partial charge in [0.1, 0.15) is 12.2 Å². The molecular weight excluding hydrogens is 717 g/mol. The van der Waals surface area contributed by atoms with E-state index >= 15 is 0 Å². The number of carbonyl (C=O) groups is 3. The first-order valence-corrected chi connectivity index (χ1v) is 17.9. The summed E-state index contributed by atoms with van der Waals surface area (Å²) in [5.41, 5.74) is 3.33. The standard InChI is InChI=1S/C41H35Cl2N3O5S/c1-4-6-17-32(5-2)46-40(49)33(22-28-23-34(43)38(35(24-28)50-3)51-25-27-18-20-31(42)21-19-27)39(48)45-41(46)52-26-36(47)44-37(29-13-9-7-10-14-29)30-15-11-8-12-16-30/h4-24,37H,1,25-26H2,2-3H3,(H,44,47)/b17-6-,32-5+,33-22+. The number of amides is 3. The Hall–Kier alpha value is -5.35. The number of hydrogen-bond donors (Lipinski definition) is 1. The number of methoxy groups -OCH3 is 1. The molecule has 8 nitrogen and oxygen atoms in total. The predicted molar refractivity (Wildman–Crippen MR) is 209 cm³/mol. The number of benzene rings is 4. The molecule has 0 bridgehead atoms. The van der Waals surface area contributed by atoms with Gasteiger partial charge >= 0.3 is 0 Å². The maximum atomic E-state index is 14.1. The lowest BCUT2D eigenvalue weighted by Crippen LogP contribution is -2.42. The number of nitrogens with one attached hydrogen (secondary N) is 1. The molecule has 1 heterocycles. The number of hydrogen-bond acceptors (Lipinski definition) is 6. The molecular formula is C41H35Cl2N3O5S. The average molecular weight is 753 g/mol. The number of carbonyl (C=O) groups excluding carboxylic acids is 3. The monoisotopic (exact) mass is 751 g/mol. The van der Waals surface area contributed by atoms with Crippen molar-refractivity contribution in [1.29, 1.82) is 0 Å². The van der Waals surface area contributed by atoms with Crippen LogP contribution in [0, 0.1) is 0 Å². The Balaban J connectivity index is 1.41. The molecule has 3 amide bonds. The van der Waals surface area contributed by atoms with Crippen LogP contribution < -0.4 is 14.8 Å². The summed E-state index contributed by atoms with van der Waals surface area (Å²) in [4.78, 5) is 46.7. The Bertz CT molecular complexity index is 2020. The quantitative estimate of drug-likeness (QED) is 0.0833. The van der Waals surface area contributed by atoms with Crippen molar-refractivity contribution in [1.82, 2.24) is 10.2 Å². The fourth-order valence-corrected chi connectivity index (χ4v) is 6.47. The van der Waals surface area contributed by atoms with Crippen molar-refractivity contribution in [2.24, 2.45) is 4.99 Å². The zero-order valence-electron chi connectivity index (χ0n) is 28.4. The number of nitrogens with zero attached hydrogens (tertiary/aromatic N) is 2. The number of thioether (sulfide) groups is 1. The summed E-state index contributed by atoms with van der Waals surface area (Å²) in [5, 5.41) is 3.97. The topological polar surface area (TPSA) is 97.3 Å². The molecule has 0 aliphatic carbocycles. The van der Waals surface area contributed by atoms with Gasteiger partial charge in [-0.25, -0.2) is 0 Å². The van der Waals surface area contributed by atoms with Gasteiger partial charge < -0.3 is 14.8 Å². The van der Waals surface area contributed by atoms with Gasteiger partial charge in [0.05, 0.1) is 23.9 Å². The van der Waals surface area contributed by atoms with Crippen LogP contribution in [0.5, 0.6) is 11.5 Å². The Morgan fingerprint density at radius 1 is 0.981 bits per heavy atom. The molecule has 0 fully saturated rings. The van der Waals surface area contributed by atoms with Crippen LogP contribution in [0.1, 0.15) is 35.2 Å². The van der Waals surface area contributed by atoms with Crippen molar-refractivity contribution < 1.29 is 23.9 Å². The lowest BCUT2D eigenvalue weighted by atomic mass is 9.99. The SMILES string of the molecule is C=C/C=C\C(=C/C)N1C(=O)/C(=C/c2cc(Cl)c(OCc3ccc(Cl)cc3)c(OC)c2)C(=O)N=C1SCC(=O)NC(c1ccccc1)c1ccccc1. The molecule has 4 aromatic rings. The molecule has 0 unspecified atom stereocenters. The van der Waals surface area contributed by atoms with Gasteiger partial charge in [-0.1, -0.05) is 133 Å². The molecule has 0 radical (unpaired) electrons. The van der Waals surface area contributed by atoms with Gasteiger partial charge in [0.15, 0.2) is 16.7 Å². The van der Waals surface area contributed by atoms with E-state index in [9.17, 15) is 14.4 Å². The van der Waals surface area contributed by atoms with Gasteiger partial charge in [-0.3, -0.25) is 19.3 Å². The first kappa shape index (κ1) is 37.9. The summed E-state index contributed by atoms with van der Waals surface area (Å²) in [7, 11) is 1.46. The van der Waals surface area contributed by atoms with E-state index in [1.165, 1.54) is 18.1 Å². The van der Waals surface area contributed by atoms with Gasteiger partial charge in [0.2, 0.25) is 5.91 Å². The number of aliphatic imine (C=N–C) groups is 1. The van der Waals surface area contributed by atoms with Crippen LogP contribution in [-0.2, 0) is 21.0 Å². The molecule has 1 aliphatic rings. The highest BCUT2D eigenvalue weighted by atomic mass is 35.5. The first-order chi connectivity index (χ1) is 25.2. The average Bonchev–Trinajstić information content (AvgIpc) is 3.16. The van der Waals surface area contributed by atoms with Crippen LogP contribution in [0.25, 0.3) is 6.08 Å². The van der Waals surface area contributed by atoms with Crippen molar-refractivity contribution in [3.05, 3.63) is 172 Å². The molecule has 0 aromatic heterocycles. The molecule has 4 aromatic carbocycles. The van der Waals surface area contributed by atoms with E-state index in [4.69, 9.17) is 32.7 Å². The van der Waals surface area contributed by atoms with E-state index in [-0.39, 0.29) is 34.0 Å². The molecule has 1 N–H and O–H groups in total. The number of halogens is 2. The second-order valence-corrected chi connectivity index (χ2v) is 13.1. The number of amidine groups is 1. The minimum Gasteiger partial charge on any atom is -0.493 e. The molecule has 0 spiro atoms. The van der Waals surface area contributed by atoms with Gasteiger partial charge in [-0.05, 0) is 65.6 Å². The third kappa shape index (κ3) is 9.50. The highest BCUT2D eigenvalue weighted by molar-refractivity contribution is 8.14. The minimum atomic E-state index is -0.767. The molecule has 1 aliphatic heterocycles. The van der Waals surface area contributed by atoms with Gasteiger partial charge in [0, 0.05) is 10.7 Å². The number of ether oxygens (including phenoxy) is 2. The number of allylic oxidation sites excluding steroid dienone is 4. The predicted octanol–water partition coefficient (Wildman–Crippen LogP) is 8.97. The third-order valence-corrected chi connectivity index (χ3v) is 9.24. The molecule has 5 rings (SSSR count). The maximum absolute atomic E-state index is 14.1. The van der Waals surface area contributed by atoms with Gasteiger partial charge in [-0.15, -0.1) is 0 Å². The Labute approximate surface area is 317 Å². The van der Waals surface area contributed by atoms with E-state index in [2.05, 4.69) is 16.9 Å². The second-order valence-electron chi connectivity index (χ2n) is 11.3. The lowest BCUT2D eigenvalue weighted by Gasteiger charge is -2.28. The third-order valence-electron chi connectivity index (χ3n) is 7.77. The van der Waals surface area contributed by atoms with E-state index in [0.717, 1.165) is 28.5 Å². The zero-order valence-corrected chi connectivity index (χ0v) is 30.8. The molecule has 0 saturated carbocycles. The van der Waals surface area contributed by atoms with Crippen LogP contribution in [-0.4, -0.2) is 40.7 Å². The highest BCUT2D eigenvalue weighted by Gasteiger charge is 2.35. The van der Waals surface area contributed by atoms with Crippen LogP contribution in [0.4, 0.5) is 0 Å². The minimum absolute atomic E-state index is 0.0571. The number of rotatable bonds is 13. The van der Waals surface area contributed by atoms with Crippen molar-refractivity contribution in [2.45, 2.75) is 19.6 Å². The summed E-state index contributed by atoms with van der Waals surface area (Å²) >= 11 is 13.6. The van der Waals surface area contributed by atoms with Crippen molar-refractivity contribution in [2.75, 3.05) is 12.9 Å². The van der Waals surface area contributed by atoms with E-state index in [1.54, 1.807) is 55.5 Å². The zero-order chi connectivity index (χ0) is 37.0. The van der Waals surface area contributed by atoms with Crippen LogP contribution in [0.15, 0.2) is 144 Å². The molecule has 264 valence electrons. The smallest absolute Gasteiger partial charge is 0.285 e. The van der Waals surface area contributed by atoms with Crippen molar-refractivity contribution >= 4 is 63.9 Å². The summed E-state index contributed by atoms with van der Waals surface area (Å²) < 4.78 is 11.5. The fraction of sp³-hybridized carbons (Fsp3) is 0.122. The second kappa shape index (κ2) is 18.2. The highest BCUT2D eigenvalue weighted by Crippen LogP contribution is 2.38. The largest absolute Gasteiger partial charge is 0.493 e. The normalized spacial score (nSPS) is 14.2. The molecule has 0 atom stereocenters. The fourth-order valence-electron chi connectivity index (χ4n) is 5.26. The van der Waals surface area contributed by atoms with E-state index < -0.39 is 17.9 Å². The Morgan fingerprint density at radius 3 is 2.23 bits per heavy atom. The molecule has 11 heteroatoms. The van der Waals surface area contributed by atoms with Gasteiger partial charge in [-0.2, -0.15) is 4.99 Å². The van der Waals surface area contributed by atoms with E-state index in [1.807, 2.05) is 72.8 Å². The summed E-state index contributed by atoms with van der Waals surface area (Å²) in [5.74, 6) is -1.22. The Kier molecular flexibility index (Phi) is 13.3. The van der Waals surface area contributed by atoms with Crippen molar-refractivity contribution in [3.63, 3.8) is 0 Å².